The summed E-state index contributed by atoms with van der Waals surface area (Å²) >= 11 is 5.19. The highest BCUT2D eigenvalue weighted by molar-refractivity contribution is 7.92. The zero-order valence-corrected chi connectivity index (χ0v) is 13.5. The van der Waals surface area contributed by atoms with Gasteiger partial charge in [0.15, 0.2) is 21.2 Å². The summed E-state index contributed by atoms with van der Waals surface area (Å²) < 4.78 is 32.9. The molecule has 0 saturated carbocycles. The van der Waals surface area contributed by atoms with Crippen molar-refractivity contribution in [3.8, 4) is 0 Å². The highest BCUT2D eigenvalue weighted by atomic mass is 35.5. The van der Waals surface area contributed by atoms with Crippen molar-refractivity contribution in [1.29, 1.82) is 0 Å². The summed E-state index contributed by atoms with van der Waals surface area (Å²) in [5.74, 6) is -1.32. The van der Waals surface area contributed by atoms with Crippen molar-refractivity contribution >= 4 is 33.5 Å². The molecule has 0 rings (SSSR count). The van der Waals surface area contributed by atoms with Crippen molar-refractivity contribution in [2.45, 2.75) is 38.5 Å². The van der Waals surface area contributed by atoms with Crippen molar-refractivity contribution in [2.24, 2.45) is 0 Å². The number of nitrogens with one attached hydrogen (secondary N) is 1. The topological polar surface area (TPSA) is 98.8 Å². The second kappa shape index (κ2) is 7.68. The first kappa shape index (κ1) is 19.0. The van der Waals surface area contributed by atoms with Gasteiger partial charge in [0.25, 0.3) is 0 Å². The van der Waals surface area contributed by atoms with Crippen molar-refractivity contribution in [1.82, 2.24) is 5.32 Å². The first-order valence-electron chi connectivity index (χ1n) is 5.90. The molecule has 0 aromatic rings. The Morgan fingerprint density at radius 3 is 2.30 bits per heavy atom. The van der Waals surface area contributed by atoms with Gasteiger partial charge in [0, 0.05) is 6.54 Å². The molecule has 0 heterocycles. The van der Waals surface area contributed by atoms with Crippen LogP contribution in [0.1, 0.15) is 27.7 Å². The van der Waals surface area contributed by atoms with Gasteiger partial charge < -0.3 is 14.8 Å². The lowest BCUT2D eigenvalue weighted by Gasteiger charge is -2.19. The smallest absolute Gasteiger partial charge is 0.407 e. The van der Waals surface area contributed by atoms with Crippen LogP contribution in [-0.2, 0) is 24.1 Å². The number of amides is 1. The van der Waals surface area contributed by atoms with Crippen LogP contribution in [0.3, 0.4) is 0 Å². The fraction of sp³-hybridized carbons (Fsp3) is 0.818. The number of esters is 1. The molecule has 9 heteroatoms. The highest BCUT2D eigenvalue weighted by Crippen LogP contribution is 2.07. The summed E-state index contributed by atoms with van der Waals surface area (Å²) in [5.41, 5.74) is -0.666. The average Bonchev–Trinajstić information content (AvgIpc) is 2.25. The fourth-order valence-corrected chi connectivity index (χ4v) is 2.31. The van der Waals surface area contributed by atoms with Crippen LogP contribution in [0.5, 0.6) is 0 Å². The monoisotopic (exact) mass is 329 g/mol. The third-order valence-electron chi connectivity index (χ3n) is 2.12. The van der Waals surface area contributed by atoms with Crippen molar-refractivity contribution in [3.63, 3.8) is 0 Å². The normalized spacial score (nSPS) is 13.4. The molecule has 0 aromatic carbocycles. The number of rotatable bonds is 6. The first-order valence-corrected chi connectivity index (χ1v) is 8.15. The standard InChI is InChI=1S/C11H20ClNO6S/c1-8(9(14)18-7-12)20(16,17)6-5-13-10(15)19-11(2,3)4/h8H,5-7H2,1-4H3,(H,13,15)/t8-/m0/s1. The second-order valence-electron chi connectivity index (χ2n) is 5.01. The number of carbonyl (C=O) groups is 2. The van der Waals surface area contributed by atoms with Crippen LogP contribution in [0.4, 0.5) is 4.79 Å². The van der Waals surface area contributed by atoms with Crippen LogP contribution in [0.2, 0.25) is 0 Å². The lowest BCUT2D eigenvalue weighted by atomic mass is 10.2. The van der Waals surface area contributed by atoms with E-state index < -0.39 is 44.6 Å². The van der Waals surface area contributed by atoms with Gasteiger partial charge in [-0.3, -0.25) is 4.79 Å². The Bertz CT molecular complexity index is 442. The van der Waals surface area contributed by atoms with Gasteiger partial charge in [0.1, 0.15) is 5.60 Å². The maximum atomic E-state index is 11.8. The summed E-state index contributed by atoms with van der Waals surface area (Å²) in [4.78, 5) is 22.6. The lowest BCUT2D eigenvalue weighted by molar-refractivity contribution is -0.140. The van der Waals surface area contributed by atoms with Crippen LogP contribution in [0, 0.1) is 0 Å². The minimum absolute atomic E-state index is 0.157. The number of sulfone groups is 1. The number of alkyl halides is 1. The Balaban J connectivity index is 4.30. The maximum Gasteiger partial charge on any atom is 0.407 e. The van der Waals surface area contributed by atoms with Crippen LogP contribution in [0.25, 0.3) is 0 Å². The molecule has 0 unspecified atom stereocenters. The van der Waals surface area contributed by atoms with Gasteiger partial charge in [-0.1, -0.05) is 11.6 Å². The summed E-state index contributed by atoms with van der Waals surface area (Å²) in [6.07, 6.45) is -0.719. The number of ether oxygens (including phenoxy) is 2. The maximum absolute atomic E-state index is 11.8. The third kappa shape index (κ3) is 7.54. The number of hydrogen-bond donors (Lipinski definition) is 1. The molecule has 1 N–H and O–H groups in total. The molecule has 0 aliphatic carbocycles. The Labute approximate surface area is 123 Å². The van der Waals surface area contributed by atoms with E-state index in [0.717, 1.165) is 0 Å². The van der Waals surface area contributed by atoms with Crippen LogP contribution in [0.15, 0.2) is 0 Å². The van der Waals surface area contributed by atoms with Crippen molar-refractivity contribution < 1.29 is 27.5 Å². The first-order chi connectivity index (χ1) is 8.99. The number of halogens is 1. The van der Waals surface area contributed by atoms with Crippen molar-refractivity contribution in [3.05, 3.63) is 0 Å². The molecular weight excluding hydrogens is 310 g/mol. The molecule has 0 spiro atoms. The molecular formula is C11H20ClNO6S. The van der Waals surface area contributed by atoms with Gasteiger partial charge in [0.05, 0.1) is 5.75 Å². The molecule has 7 nitrogen and oxygen atoms in total. The molecule has 0 aromatic heterocycles. The molecule has 118 valence electrons. The van der Waals surface area contributed by atoms with Gasteiger partial charge in [-0.15, -0.1) is 0 Å². The fourth-order valence-electron chi connectivity index (χ4n) is 1.10. The zero-order chi connectivity index (χ0) is 16.0. The predicted octanol–water partition coefficient (Wildman–Crippen LogP) is 1.05. The van der Waals surface area contributed by atoms with E-state index in [2.05, 4.69) is 10.1 Å². The highest BCUT2D eigenvalue weighted by Gasteiger charge is 2.29. The number of carbonyl (C=O) groups excluding carboxylic acids is 2. The van der Waals surface area contributed by atoms with Gasteiger partial charge in [-0.2, -0.15) is 0 Å². The Morgan fingerprint density at radius 2 is 1.85 bits per heavy atom. The van der Waals surface area contributed by atoms with E-state index in [4.69, 9.17) is 16.3 Å². The third-order valence-corrected chi connectivity index (χ3v) is 4.27. The van der Waals surface area contributed by atoms with Gasteiger partial charge in [-0.05, 0) is 27.7 Å². The summed E-state index contributed by atoms with van der Waals surface area (Å²) in [6.45, 7) is 6.11. The summed E-state index contributed by atoms with van der Waals surface area (Å²) in [7, 11) is -3.72. The van der Waals surface area contributed by atoms with Gasteiger partial charge in [0.2, 0.25) is 0 Å². The quantitative estimate of drug-likeness (QED) is 0.577. The predicted molar refractivity (Wildman–Crippen MR) is 74.3 cm³/mol. The molecule has 0 fully saturated rings. The molecule has 20 heavy (non-hydrogen) atoms. The average molecular weight is 330 g/mol. The Morgan fingerprint density at radius 1 is 1.30 bits per heavy atom. The van der Waals surface area contributed by atoms with E-state index in [9.17, 15) is 18.0 Å². The van der Waals surface area contributed by atoms with E-state index in [0.29, 0.717) is 0 Å². The molecule has 0 saturated heterocycles. The van der Waals surface area contributed by atoms with Gasteiger partial charge >= 0.3 is 12.1 Å². The molecule has 0 aliphatic heterocycles. The number of alkyl carbamates (subject to hydrolysis) is 1. The van der Waals surface area contributed by atoms with Crippen LogP contribution >= 0.6 is 11.6 Å². The van der Waals surface area contributed by atoms with E-state index in [1.165, 1.54) is 6.92 Å². The molecule has 0 radical (unpaired) electrons. The molecule has 0 bridgehead atoms. The molecule has 0 aliphatic rings. The van der Waals surface area contributed by atoms with Gasteiger partial charge in [-0.25, -0.2) is 13.2 Å². The summed E-state index contributed by atoms with van der Waals surface area (Å²) in [5, 5.41) is 0.971. The number of hydrogen-bond acceptors (Lipinski definition) is 6. The van der Waals surface area contributed by atoms with E-state index >= 15 is 0 Å². The minimum atomic E-state index is -3.72. The van der Waals surface area contributed by atoms with Crippen LogP contribution < -0.4 is 5.32 Å². The second-order valence-corrected chi connectivity index (χ2v) is 7.67. The van der Waals surface area contributed by atoms with Crippen LogP contribution in [-0.4, -0.2) is 49.7 Å². The van der Waals surface area contributed by atoms with Crippen molar-refractivity contribution in [2.75, 3.05) is 18.4 Å². The van der Waals surface area contributed by atoms with E-state index in [1.807, 2.05) is 0 Å². The lowest BCUT2D eigenvalue weighted by Crippen LogP contribution is -2.38. The van der Waals surface area contributed by atoms with E-state index in [1.54, 1.807) is 20.8 Å². The summed E-state index contributed by atoms with van der Waals surface area (Å²) in [6, 6.07) is -0.408. The molecule has 1 amide bonds. The Hall–Kier alpha value is -1.02. The molecule has 1 atom stereocenters. The SMILES string of the molecule is C[C@@H](C(=O)OCCl)S(=O)(=O)CCNC(=O)OC(C)(C)C. The Kier molecular flexibility index (Phi) is 7.29. The largest absolute Gasteiger partial charge is 0.448 e. The van der Waals surface area contributed by atoms with E-state index in [-0.39, 0.29) is 6.54 Å². The minimum Gasteiger partial charge on any atom is -0.448 e. The zero-order valence-electron chi connectivity index (χ0n) is 11.9.